The first-order chi connectivity index (χ1) is 12.9. The van der Waals surface area contributed by atoms with Gasteiger partial charge in [0.05, 0.1) is 9.80 Å². The number of benzene rings is 2. The van der Waals surface area contributed by atoms with Crippen LogP contribution in [0, 0.1) is 17.0 Å². The summed E-state index contributed by atoms with van der Waals surface area (Å²) in [7, 11) is 0. The molecule has 2 aromatic carbocycles. The van der Waals surface area contributed by atoms with E-state index in [-0.39, 0.29) is 17.5 Å². The Balaban J connectivity index is 1.69. The zero-order chi connectivity index (χ0) is 19.4. The van der Waals surface area contributed by atoms with E-state index in [1.54, 1.807) is 24.3 Å². The molecule has 0 aliphatic carbocycles. The summed E-state index contributed by atoms with van der Waals surface area (Å²) in [5, 5.41) is 18.1. The second-order valence-electron chi connectivity index (χ2n) is 5.72. The molecular weight excluding hydrogens is 366 g/mol. The number of carbonyl (C=O) groups is 2. The molecule has 2 amide bonds. The molecule has 3 aromatic rings. The average molecular weight is 381 g/mol. The number of amides is 2. The summed E-state index contributed by atoms with van der Waals surface area (Å²) in [6, 6.07) is 14.1. The van der Waals surface area contributed by atoms with Gasteiger partial charge in [0.25, 0.3) is 17.5 Å². The molecule has 0 aliphatic rings. The van der Waals surface area contributed by atoms with Crippen LogP contribution in [-0.2, 0) is 0 Å². The third-order valence-corrected chi connectivity index (χ3v) is 4.69. The molecule has 0 fully saturated rings. The van der Waals surface area contributed by atoms with Crippen LogP contribution in [0.4, 0.5) is 17.1 Å². The van der Waals surface area contributed by atoms with Crippen LogP contribution in [0.25, 0.3) is 0 Å². The summed E-state index contributed by atoms with van der Waals surface area (Å²) in [4.78, 5) is 35.2. The number of aryl methyl sites for hydroxylation is 1. The van der Waals surface area contributed by atoms with Crippen LogP contribution < -0.4 is 10.6 Å². The van der Waals surface area contributed by atoms with Crippen molar-refractivity contribution in [1.29, 1.82) is 0 Å². The predicted molar refractivity (Wildman–Crippen MR) is 105 cm³/mol. The second kappa shape index (κ2) is 7.79. The van der Waals surface area contributed by atoms with Gasteiger partial charge in [-0.25, -0.2) is 0 Å². The Hall–Kier alpha value is -3.52. The molecule has 0 atom stereocenters. The molecule has 8 heteroatoms. The van der Waals surface area contributed by atoms with E-state index in [0.717, 1.165) is 5.56 Å². The molecule has 7 nitrogen and oxygen atoms in total. The highest BCUT2D eigenvalue weighted by Gasteiger charge is 2.12. The molecule has 0 radical (unpaired) electrons. The Morgan fingerprint density at radius 3 is 2.33 bits per heavy atom. The van der Waals surface area contributed by atoms with E-state index < -0.39 is 4.92 Å². The van der Waals surface area contributed by atoms with Gasteiger partial charge in [0, 0.05) is 29.1 Å². The van der Waals surface area contributed by atoms with Crippen LogP contribution in [0.5, 0.6) is 0 Å². The standard InChI is InChI=1S/C19H15N3O4S/c1-12-11-14(6-9-16(12)21-19(24)17-3-2-10-27-17)20-18(23)13-4-7-15(8-5-13)22(25)26/h2-11H,1H3,(H,20,23)(H,21,24). The molecule has 0 spiro atoms. The number of nitro groups is 1. The lowest BCUT2D eigenvalue weighted by molar-refractivity contribution is -0.384. The Morgan fingerprint density at radius 1 is 1.00 bits per heavy atom. The average Bonchev–Trinajstić information content (AvgIpc) is 3.19. The van der Waals surface area contributed by atoms with Crippen molar-refractivity contribution >= 4 is 40.2 Å². The third-order valence-electron chi connectivity index (χ3n) is 3.82. The third kappa shape index (κ3) is 4.36. The monoisotopic (exact) mass is 381 g/mol. The minimum atomic E-state index is -0.520. The smallest absolute Gasteiger partial charge is 0.269 e. The van der Waals surface area contributed by atoms with Gasteiger partial charge in [0.1, 0.15) is 0 Å². The first kappa shape index (κ1) is 18.3. The molecular formula is C19H15N3O4S. The summed E-state index contributed by atoms with van der Waals surface area (Å²) >= 11 is 1.36. The molecule has 0 bridgehead atoms. The van der Waals surface area contributed by atoms with Gasteiger partial charge < -0.3 is 10.6 Å². The fraction of sp³-hybridized carbons (Fsp3) is 0.0526. The quantitative estimate of drug-likeness (QED) is 0.503. The Morgan fingerprint density at radius 2 is 1.74 bits per heavy atom. The number of rotatable bonds is 5. The number of non-ortho nitro benzene ring substituents is 1. The van der Waals surface area contributed by atoms with Gasteiger partial charge in [0.15, 0.2) is 0 Å². The van der Waals surface area contributed by atoms with Gasteiger partial charge in [-0.1, -0.05) is 6.07 Å². The van der Waals surface area contributed by atoms with Crippen molar-refractivity contribution in [1.82, 2.24) is 0 Å². The maximum atomic E-state index is 12.3. The van der Waals surface area contributed by atoms with E-state index in [4.69, 9.17) is 0 Å². The number of hydrogen-bond donors (Lipinski definition) is 2. The number of nitro benzene ring substituents is 1. The van der Waals surface area contributed by atoms with Gasteiger partial charge in [-0.3, -0.25) is 19.7 Å². The number of nitrogens with one attached hydrogen (secondary N) is 2. The van der Waals surface area contributed by atoms with Crippen LogP contribution in [0.1, 0.15) is 25.6 Å². The Labute approximate surface area is 158 Å². The van der Waals surface area contributed by atoms with Crippen molar-refractivity contribution in [3.05, 3.63) is 86.1 Å². The maximum Gasteiger partial charge on any atom is 0.269 e. The summed E-state index contributed by atoms with van der Waals surface area (Å²) in [6.07, 6.45) is 0. The summed E-state index contributed by atoms with van der Waals surface area (Å²) in [6.45, 7) is 1.82. The molecule has 1 heterocycles. The van der Waals surface area contributed by atoms with E-state index >= 15 is 0 Å². The fourth-order valence-electron chi connectivity index (χ4n) is 2.41. The number of thiophene rings is 1. The molecule has 3 rings (SSSR count). The molecule has 0 unspecified atom stereocenters. The lowest BCUT2D eigenvalue weighted by Gasteiger charge is -2.11. The van der Waals surface area contributed by atoms with Gasteiger partial charge in [-0.15, -0.1) is 11.3 Å². The Bertz CT molecular complexity index is 998. The normalized spacial score (nSPS) is 10.3. The predicted octanol–water partition coefficient (Wildman–Crippen LogP) is 4.47. The van der Waals surface area contributed by atoms with Crippen LogP contribution in [0.15, 0.2) is 60.0 Å². The first-order valence-corrected chi connectivity index (χ1v) is 8.83. The van der Waals surface area contributed by atoms with E-state index in [2.05, 4.69) is 10.6 Å². The van der Waals surface area contributed by atoms with Crippen molar-refractivity contribution in [2.45, 2.75) is 6.92 Å². The summed E-state index contributed by atoms with van der Waals surface area (Å²) in [5.41, 5.74) is 2.25. The zero-order valence-electron chi connectivity index (χ0n) is 14.3. The zero-order valence-corrected chi connectivity index (χ0v) is 15.1. The van der Waals surface area contributed by atoms with E-state index in [0.29, 0.717) is 21.8 Å². The molecule has 136 valence electrons. The molecule has 0 saturated heterocycles. The van der Waals surface area contributed by atoms with E-state index in [1.165, 1.54) is 35.6 Å². The number of carbonyl (C=O) groups excluding carboxylic acids is 2. The SMILES string of the molecule is Cc1cc(NC(=O)c2ccc([N+](=O)[O-])cc2)ccc1NC(=O)c1cccs1. The lowest BCUT2D eigenvalue weighted by atomic mass is 10.1. The van der Waals surface area contributed by atoms with Crippen molar-refractivity contribution < 1.29 is 14.5 Å². The van der Waals surface area contributed by atoms with Gasteiger partial charge in [-0.05, 0) is 54.3 Å². The minimum Gasteiger partial charge on any atom is -0.322 e. The van der Waals surface area contributed by atoms with Gasteiger partial charge >= 0.3 is 0 Å². The highest BCUT2D eigenvalue weighted by atomic mass is 32.1. The largest absolute Gasteiger partial charge is 0.322 e. The van der Waals surface area contributed by atoms with Crippen molar-refractivity contribution in [2.75, 3.05) is 10.6 Å². The molecule has 0 aliphatic heterocycles. The van der Waals surface area contributed by atoms with Crippen LogP contribution in [-0.4, -0.2) is 16.7 Å². The van der Waals surface area contributed by atoms with Crippen LogP contribution in [0.2, 0.25) is 0 Å². The first-order valence-electron chi connectivity index (χ1n) is 7.95. The maximum absolute atomic E-state index is 12.3. The number of anilines is 2. The Kier molecular flexibility index (Phi) is 5.28. The number of nitrogens with zero attached hydrogens (tertiary/aromatic N) is 1. The molecule has 0 saturated carbocycles. The van der Waals surface area contributed by atoms with E-state index in [1.807, 2.05) is 18.4 Å². The van der Waals surface area contributed by atoms with E-state index in [9.17, 15) is 19.7 Å². The minimum absolute atomic E-state index is 0.0757. The van der Waals surface area contributed by atoms with Crippen molar-refractivity contribution in [2.24, 2.45) is 0 Å². The molecule has 1 aromatic heterocycles. The van der Waals surface area contributed by atoms with Gasteiger partial charge in [0.2, 0.25) is 0 Å². The van der Waals surface area contributed by atoms with Crippen molar-refractivity contribution in [3.63, 3.8) is 0 Å². The highest BCUT2D eigenvalue weighted by molar-refractivity contribution is 7.12. The number of hydrogen-bond acceptors (Lipinski definition) is 5. The van der Waals surface area contributed by atoms with Crippen LogP contribution in [0.3, 0.4) is 0 Å². The van der Waals surface area contributed by atoms with Gasteiger partial charge in [-0.2, -0.15) is 0 Å². The highest BCUT2D eigenvalue weighted by Crippen LogP contribution is 2.22. The molecule has 27 heavy (non-hydrogen) atoms. The topological polar surface area (TPSA) is 101 Å². The van der Waals surface area contributed by atoms with Crippen molar-refractivity contribution in [3.8, 4) is 0 Å². The fourth-order valence-corrected chi connectivity index (χ4v) is 3.03. The summed E-state index contributed by atoms with van der Waals surface area (Å²) < 4.78 is 0. The molecule has 2 N–H and O–H groups in total. The van der Waals surface area contributed by atoms with Crippen LogP contribution >= 0.6 is 11.3 Å². The lowest BCUT2D eigenvalue weighted by Crippen LogP contribution is -2.13. The second-order valence-corrected chi connectivity index (χ2v) is 6.67. The summed E-state index contributed by atoms with van der Waals surface area (Å²) in [5.74, 6) is -0.560.